The SMILES string of the molecule is Cc1ccc(N(CCBr)CCOS(C)(=O)=O)cc1CC(N)CC(=O)O. The number of hydrogen-bond donors (Lipinski definition) is 2. The van der Waals surface area contributed by atoms with E-state index in [9.17, 15) is 13.2 Å². The molecule has 1 atom stereocenters. The van der Waals surface area contributed by atoms with Gasteiger partial charge in [-0.1, -0.05) is 22.0 Å². The van der Waals surface area contributed by atoms with Crippen LogP contribution in [0.4, 0.5) is 5.69 Å². The number of halogens is 1. The van der Waals surface area contributed by atoms with Gasteiger partial charge in [0, 0.05) is 30.1 Å². The summed E-state index contributed by atoms with van der Waals surface area (Å²) in [5.74, 6) is -0.917. The molecule has 1 aromatic carbocycles. The molecule has 9 heteroatoms. The van der Waals surface area contributed by atoms with Crippen molar-refractivity contribution in [1.82, 2.24) is 0 Å². The van der Waals surface area contributed by atoms with Crippen LogP contribution < -0.4 is 10.6 Å². The van der Waals surface area contributed by atoms with Crippen LogP contribution in [0, 0.1) is 6.92 Å². The summed E-state index contributed by atoms with van der Waals surface area (Å²) in [6.07, 6.45) is 1.40. The fourth-order valence-electron chi connectivity index (χ4n) is 2.42. The second-order valence-corrected chi connectivity index (χ2v) is 8.31. The largest absolute Gasteiger partial charge is 0.481 e. The molecule has 3 N–H and O–H groups in total. The summed E-state index contributed by atoms with van der Waals surface area (Å²) >= 11 is 3.39. The zero-order valence-electron chi connectivity index (χ0n) is 14.4. The average molecular weight is 437 g/mol. The number of rotatable bonds is 11. The summed E-state index contributed by atoms with van der Waals surface area (Å²) in [5.41, 5.74) is 8.84. The van der Waals surface area contributed by atoms with E-state index < -0.39 is 22.1 Å². The van der Waals surface area contributed by atoms with Gasteiger partial charge in [-0.25, -0.2) is 0 Å². The first kappa shape index (κ1) is 21.9. The number of aliphatic carboxylic acids is 1. The van der Waals surface area contributed by atoms with Crippen LogP contribution in [0.1, 0.15) is 17.5 Å². The summed E-state index contributed by atoms with van der Waals surface area (Å²) < 4.78 is 27.0. The molecule has 0 saturated carbocycles. The van der Waals surface area contributed by atoms with Gasteiger partial charge in [0.15, 0.2) is 0 Å². The third-order valence-corrected chi connectivity index (χ3v) is 4.58. The number of benzene rings is 1. The van der Waals surface area contributed by atoms with Crippen molar-refractivity contribution in [3.8, 4) is 0 Å². The Morgan fingerprint density at radius 1 is 1.40 bits per heavy atom. The predicted octanol–water partition coefficient (Wildman–Crippen LogP) is 1.52. The number of carboxylic acid groups (broad SMARTS) is 1. The molecule has 0 radical (unpaired) electrons. The third kappa shape index (κ3) is 8.66. The molecular formula is C16H25BrN2O5S. The van der Waals surface area contributed by atoms with E-state index in [0.717, 1.165) is 23.1 Å². The molecule has 0 heterocycles. The second-order valence-electron chi connectivity index (χ2n) is 5.87. The van der Waals surface area contributed by atoms with Gasteiger partial charge in [-0.3, -0.25) is 8.98 Å². The third-order valence-electron chi connectivity index (χ3n) is 3.63. The minimum Gasteiger partial charge on any atom is -0.481 e. The van der Waals surface area contributed by atoms with Gasteiger partial charge in [0.25, 0.3) is 10.1 Å². The standard InChI is InChI=1S/C16H25BrN2O5S/c1-12-3-4-15(10-13(12)9-14(18)11-16(20)21)19(6-5-17)7-8-24-25(2,22)23/h3-4,10,14H,5-9,11,18H2,1-2H3,(H,20,21). The molecule has 142 valence electrons. The summed E-state index contributed by atoms with van der Waals surface area (Å²) in [7, 11) is -3.47. The number of carboxylic acids is 1. The zero-order valence-corrected chi connectivity index (χ0v) is 16.8. The van der Waals surface area contributed by atoms with Crippen molar-refractivity contribution < 1.29 is 22.5 Å². The van der Waals surface area contributed by atoms with Crippen LogP contribution in [0.3, 0.4) is 0 Å². The Bertz CT molecular complexity index is 681. The lowest BCUT2D eigenvalue weighted by molar-refractivity contribution is -0.137. The van der Waals surface area contributed by atoms with E-state index in [-0.39, 0.29) is 13.0 Å². The van der Waals surface area contributed by atoms with Crippen molar-refractivity contribution in [3.05, 3.63) is 29.3 Å². The molecule has 0 fully saturated rings. The number of aryl methyl sites for hydroxylation is 1. The number of hydrogen-bond acceptors (Lipinski definition) is 6. The van der Waals surface area contributed by atoms with Crippen molar-refractivity contribution in [3.63, 3.8) is 0 Å². The van der Waals surface area contributed by atoms with Gasteiger partial charge in [-0.2, -0.15) is 8.42 Å². The maximum atomic E-state index is 11.1. The van der Waals surface area contributed by atoms with Crippen LogP contribution in [0.2, 0.25) is 0 Å². The Morgan fingerprint density at radius 2 is 2.08 bits per heavy atom. The van der Waals surface area contributed by atoms with Crippen LogP contribution >= 0.6 is 15.9 Å². The van der Waals surface area contributed by atoms with Gasteiger partial charge in [0.05, 0.1) is 19.3 Å². The van der Waals surface area contributed by atoms with E-state index in [4.69, 9.17) is 15.0 Å². The molecule has 0 spiro atoms. The molecule has 0 amide bonds. The molecule has 0 aliphatic carbocycles. The van der Waals surface area contributed by atoms with Crippen molar-refractivity contribution in [2.24, 2.45) is 5.73 Å². The fourth-order valence-corrected chi connectivity index (χ4v) is 3.23. The Morgan fingerprint density at radius 3 is 2.64 bits per heavy atom. The molecule has 0 aromatic heterocycles. The van der Waals surface area contributed by atoms with E-state index >= 15 is 0 Å². The van der Waals surface area contributed by atoms with Crippen molar-refractivity contribution >= 4 is 37.7 Å². The minimum atomic E-state index is -3.47. The normalized spacial score (nSPS) is 12.8. The van der Waals surface area contributed by atoms with Gasteiger partial charge in [0.1, 0.15) is 0 Å². The zero-order chi connectivity index (χ0) is 19.0. The molecule has 0 aliphatic rings. The maximum Gasteiger partial charge on any atom is 0.304 e. The number of alkyl halides is 1. The Balaban J connectivity index is 2.88. The molecule has 25 heavy (non-hydrogen) atoms. The van der Waals surface area contributed by atoms with E-state index in [1.165, 1.54) is 0 Å². The second kappa shape index (κ2) is 10.1. The highest BCUT2D eigenvalue weighted by molar-refractivity contribution is 9.09. The Kier molecular flexibility index (Phi) is 8.84. The van der Waals surface area contributed by atoms with Crippen LogP contribution in [0.5, 0.6) is 0 Å². The lowest BCUT2D eigenvalue weighted by Gasteiger charge is -2.25. The number of nitrogens with zero attached hydrogens (tertiary/aromatic N) is 1. The van der Waals surface area contributed by atoms with E-state index in [1.807, 2.05) is 30.0 Å². The molecule has 0 bridgehead atoms. The number of carbonyl (C=O) groups is 1. The Hall–Kier alpha value is -1.16. The predicted molar refractivity (Wildman–Crippen MR) is 102 cm³/mol. The maximum absolute atomic E-state index is 11.1. The first-order valence-corrected chi connectivity index (χ1v) is 10.8. The molecule has 7 nitrogen and oxygen atoms in total. The molecular weight excluding hydrogens is 412 g/mol. The average Bonchev–Trinajstić information content (AvgIpc) is 2.46. The van der Waals surface area contributed by atoms with Crippen molar-refractivity contribution in [2.75, 3.05) is 36.2 Å². The highest BCUT2D eigenvalue weighted by atomic mass is 79.9. The van der Waals surface area contributed by atoms with Crippen LogP contribution in [0.25, 0.3) is 0 Å². The van der Waals surface area contributed by atoms with E-state index in [1.54, 1.807) is 0 Å². The van der Waals surface area contributed by atoms with Crippen LogP contribution in [-0.2, 0) is 25.5 Å². The lowest BCUT2D eigenvalue weighted by atomic mass is 9.99. The molecule has 0 saturated heterocycles. The van der Waals surface area contributed by atoms with E-state index in [0.29, 0.717) is 24.8 Å². The summed E-state index contributed by atoms with van der Waals surface area (Å²) in [6.45, 7) is 3.11. The quantitative estimate of drug-likeness (QED) is 0.399. The molecule has 0 aliphatic heterocycles. The summed E-state index contributed by atoms with van der Waals surface area (Å²) in [5, 5.41) is 9.57. The van der Waals surface area contributed by atoms with Crippen molar-refractivity contribution in [1.29, 1.82) is 0 Å². The first-order valence-electron chi connectivity index (χ1n) is 7.84. The van der Waals surface area contributed by atoms with Gasteiger partial charge in [-0.05, 0) is 36.6 Å². The summed E-state index contributed by atoms with van der Waals surface area (Å²) in [4.78, 5) is 12.8. The molecule has 1 rings (SSSR count). The van der Waals surface area contributed by atoms with Gasteiger partial charge >= 0.3 is 5.97 Å². The van der Waals surface area contributed by atoms with Gasteiger partial charge in [-0.15, -0.1) is 0 Å². The summed E-state index contributed by atoms with van der Waals surface area (Å²) in [6, 6.07) is 5.42. The van der Waals surface area contributed by atoms with Crippen LogP contribution in [0.15, 0.2) is 18.2 Å². The van der Waals surface area contributed by atoms with Gasteiger partial charge < -0.3 is 15.7 Å². The topological polar surface area (TPSA) is 110 Å². The smallest absolute Gasteiger partial charge is 0.304 e. The van der Waals surface area contributed by atoms with Crippen LogP contribution in [-0.4, -0.2) is 56.8 Å². The monoisotopic (exact) mass is 436 g/mol. The minimum absolute atomic E-state index is 0.0631. The highest BCUT2D eigenvalue weighted by Crippen LogP contribution is 2.21. The molecule has 1 aromatic rings. The molecule has 1 unspecified atom stereocenters. The van der Waals surface area contributed by atoms with Gasteiger partial charge in [0.2, 0.25) is 0 Å². The first-order chi connectivity index (χ1) is 11.6. The lowest BCUT2D eigenvalue weighted by Crippen LogP contribution is -2.30. The highest BCUT2D eigenvalue weighted by Gasteiger charge is 2.13. The Labute approximate surface area is 157 Å². The number of nitrogens with two attached hydrogens (primary N) is 1. The fraction of sp³-hybridized carbons (Fsp3) is 0.562. The van der Waals surface area contributed by atoms with Crippen molar-refractivity contribution in [2.45, 2.75) is 25.8 Å². The van der Waals surface area contributed by atoms with E-state index in [2.05, 4.69) is 15.9 Å². The number of anilines is 1.